The first-order chi connectivity index (χ1) is 13.2. The van der Waals surface area contributed by atoms with E-state index in [4.69, 9.17) is 4.74 Å². The number of hydrogen-bond acceptors (Lipinski definition) is 2. The molecule has 1 aliphatic rings. The van der Waals surface area contributed by atoms with E-state index in [-0.39, 0.29) is 5.82 Å². The smallest absolute Gasteiger partial charge is 0.408 e. The Morgan fingerprint density at radius 2 is 1.52 bits per heavy atom. The van der Waals surface area contributed by atoms with Crippen LogP contribution in [0.3, 0.4) is 0 Å². The molecule has 0 aliphatic carbocycles. The number of carbonyl (C=O) groups is 1. The number of halogens is 1. The summed E-state index contributed by atoms with van der Waals surface area (Å²) in [5.41, 5.74) is 3.22. The maximum Gasteiger partial charge on any atom is 0.408 e. The zero-order valence-electron chi connectivity index (χ0n) is 14.4. The zero-order chi connectivity index (χ0) is 18.6. The average molecular weight is 357 g/mol. The molecule has 0 aromatic heterocycles. The molecule has 27 heavy (non-hydrogen) atoms. The maximum atomic E-state index is 13.6. The van der Waals surface area contributed by atoms with E-state index in [0.717, 1.165) is 16.7 Å². The second-order valence-corrected chi connectivity index (χ2v) is 6.24. The zero-order valence-corrected chi connectivity index (χ0v) is 14.4. The molecular formula is C23H16FNO2. The van der Waals surface area contributed by atoms with Gasteiger partial charge in [-0.05, 0) is 47.5 Å². The van der Waals surface area contributed by atoms with Gasteiger partial charge in [0.15, 0.2) is 6.10 Å². The van der Waals surface area contributed by atoms with Gasteiger partial charge in [0.05, 0.1) is 6.04 Å². The van der Waals surface area contributed by atoms with E-state index in [1.165, 1.54) is 12.1 Å². The van der Waals surface area contributed by atoms with Gasteiger partial charge < -0.3 is 10.1 Å². The lowest BCUT2D eigenvalue weighted by atomic mass is 9.95. The van der Waals surface area contributed by atoms with Crippen molar-refractivity contribution in [3.63, 3.8) is 0 Å². The van der Waals surface area contributed by atoms with Gasteiger partial charge >= 0.3 is 6.09 Å². The number of carbonyl (C=O) groups excluding carboxylic acids is 1. The van der Waals surface area contributed by atoms with Gasteiger partial charge in [-0.2, -0.15) is 0 Å². The van der Waals surface area contributed by atoms with Crippen molar-refractivity contribution in [3.8, 4) is 11.8 Å². The molecule has 0 bridgehead atoms. The third-order valence-corrected chi connectivity index (χ3v) is 4.36. The van der Waals surface area contributed by atoms with Gasteiger partial charge in [-0.15, -0.1) is 0 Å². The highest BCUT2D eigenvalue weighted by Crippen LogP contribution is 2.36. The Bertz CT molecular complexity index is 1040. The van der Waals surface area contributed by atoms with Crippen LogP contribution in [0.1, 0.15) is 34.4 Å². The number of amides is 1. The fraction of sp³-hybridized carbons (Fsp3) is 0.0870. The number of cyclic esters (lactones) is 1. The Morgan fingerprint density at radius 3 is 2.33 bits per heavy atom. The molecule has 0 unspecified atom stereocenters. The van der Waals surface area contributed by atoms with Crippen LogP contribution in [0.5, 0.6) is 0 Å². The molecular weight excluding hydrogens is 341 g/mol. The largest absolute Gasteiger partial charge is 0.439 e. The van der Waals surface area contributed by atoms with Crippen molar-refractivity contribution in [2.45, 2.75) is 12.1 Å². The minimum atomic E-state index is -0.592. The van der Waals surface area contributed by atoms with Crippen LogP contribution < -0.4 is 5.32 Å². The van der Waals surface area contributed by atoms with Gasteiger partial charge in [0, 0.05) is 11.1 Å². The van der Waals surface area contributed by atoms with E-state index in [1.54, 1.807) is 12.1 Å². The number of alkyl carbamates (subject to hydrolysis) is 1. The van der Waals surface area contributed by atoms with Crippen molar-refractivity contribution < 1.29 is 13.9 Å². The van der Waals surface area contributed by atoms with Crippen LogP contribution in [0.2, 0.25) is 0 Å². The molecule has 2 atom stereocenters. The highest BCUT2D eigenvalue weighted by atomic mass is 19.1. The summed E-state index contributed by atoms with van der Waals surface area (Å²) in [6.45, 7) is 0. The van der Waals surface area contributed by atoms with Crippen molar-refractivity contribution in [1.82, 2.24) is 5.32 Å². The predicted octanol–water partition coefficient (Wildman–Crippen LogP) is 4.75. The molecule has 1 heterocycles. The molecule has 1 saturated heterocycles. The highest BCUT2D eigenvalue weighted by molar-refractivity contribution is 5.71. The molecule has 0 saturated carbocycles. The second-order valence-electron chi connectivity index (χ2n) is 6.24. The lowest BCUT2D eigenvalue weighted by Gasteiger charge is -2.18. The number of ether oxygens (including phenoxy) is 1. The van der Waals surface area contributed by atoms with E-state index in [1.807, 2.05) is 54.6 Å². The second kappa shape index (κ2) is 7.35. The van der Waals surface area contributed by atoms with Gasteiger partial charge in [0.25, 0.3) is 0 Å². The molecule has 1 amide bonds. The van der Waals surface area contributed by atoms with Crippen LogP contribution >= 0.6 is 0 Å². The van der Waals surface area contributed by atoms with Crippen LogP contribution in [0.25, 0.3) is 0 Å². The van der Waals surface area contributed by atoms with Crippen molar-refractivity contribution >= 4 is 6.09 Å². The molecule has 1 fully saturated rings. The van der Waals surface area contributed by atoms with E-state index in [9.17, 15) is 9.18 Å². The van der Waals surface area contributed by atoms with E-state index >= 15 is 0 Å². The van der Waals surface area contributed by atoms with Crippen molar-refractivity contribution in [3.05, 3.63) is 107 Å². The first-order valence-electron chi connectivity index (χ1n) is 8.59. The Balaban J connectivity index is 1.64. The lowest BCUT2D eigenvalue weighted by molar-refractivity contribution is 0.132. The van der Waals surface area contributed by atoms with Gasteiger partial charge in [0.2, 0.25) is 0 Å². The molecule has 0 spiro atoms. The van der Waals surface area contributed by atoms with Gasteiger partial charge in [0.1, 0.15) is 5.82 Å². The fourth-order valence-corrected chi connectivity index (χ4v) is 3.10. The Hall–Kier alpha value is -3.58. The summed E-state index contributed by atoms with van der Waals surface area (Å²) in [4.78, 5) is 11.8. The quantitative estimate of drug-likeness (QED) is 0.672. The van der Waals surface area contributed by atoms with Crippen molar-refractivity contribution in [2.24, 2.45) is 0 Å². The van der Waals surface area contributed by atoms with Crippen molar-refractivity contribution in [1.29, 1.82) is 0 Å². The summed E-state index contributed by atoms with van der Waals surface area (Å²) >= 11 is 0. The summed E-state index contributed by atoms with van der Waals surface area (Å²) in [7, 11) is 0. The fourth-order valence-electron chi connectivity index (χ4n) is 3.10. The minimum Gasteiger partial charge on any atom is -0.439 e. The Morgan fingerprint density at radius 1 is 0.815 bits per heavy atom. The van der Waals surface area contributed by atoms with Crippen LogP contribution in [-0.4, -0.2) is 6.09 Å². The monoisotopic (exact) mass is 357 g/mol. The van der Waals surface area contributed by atoms with E-state index in [0.29, 0.717) is 5.56 Å². The predicted molar refractivity (Wildman–Crippen MR) is 100 cm³/mol. The number of benzene rings is 3. The maximum absolute atomic E-state index is 13.6. The van der Waals surface area contributed by atoms with Gasteiger partial charge in [-0.25, -0.2) is 9.18 Å². The van der Waals surface area contributed by atoms with Crippen LogP contribution in [0, 0.1) is 17.7 Å². The Labute approximate surface area is 156 Å². The number of nitrogens with one attached hydrogen (secondary N) is 1. The summed E-state index contributed by atoms with van der Waals surface area (Å²) in [6, 6.07) is 23.0. The normalized spacial score (nSPS) is 18.2. The standard InChI is InChI=1S/C23H16FNO2/c24-20-11-5-10-19(15-20)22-21(25-23(26)27-22)18-9-4-8-17(14-18)13-12-16-6-2-1-3-7-16/h1-11,14-15,21-22H,(H,25,26)/t21-,22-/m1/s1. The van der Waals surface area contributed by atoms with E-state index in [2.05, 4.69) is 17.2 Å². The molecule has 4 heteroatoms. The third-order valence-electron chi connectivity index (χ3n) is 4.36. The molecule has 1 aliphatic heterocycles. The summed E-state index contributed by atoms with van der Waals surface area (Å²) in [6.07, 6.45) is -1.11. The number of rotatable bonds is 2. The van der Waals surface area contributed by atoms with Gasteiger partial charge in [-0.3, -0.25) is 0 Å². The average Bonchev–Trinajstić information content (AvgIpc) is 3.09. The van der Waals surface area contributed by atoms with Crippen LogP contribution in [-0.2, 0) is 4.74 Å². The third kappa shape index (κ3) is 3.83. The van der Waals surface area contributed by atoms with Gasteiger partial charge in [-0.1, -0.05) is 54.3 Å². The molecule has 3 aromatic carbocycles. The first kappa shape index (κ1) is 16.9. The molecule has 132 valence electrons. The summed E-state index contributed by atoms with van der Waals surface area (Å²) < 4.78 is 19.0. The molecule has 4 rings (SSSR count). The van der Waals surface area contributed by atoms with Crippen LogP contribution in [0.15, 0.2) is 78.9 Å². The van der Waals surface area contributed by atoms with E-state index < -0.39 is 18.2 Å². The molecule has 3 nitrogen and oxygen atoms in total. The topological polar surface area (TPSA) is 38.3 Å². The summed E-state index contributed by atoms with van der Waals surface area (Å²) in [5.74, 6) is 5.89. The van der Waals surface area contributed by atoms with Crippen LogP contribution in [0.4, 0.5) is 9.18 Å². The molecule has 3 aromatic rings. The number of hydrogen-bond donors (Lipinski definition) is 1. The molecule has 0 radical (unpaired) electrons. The lowest BCUT2D eigenvalue weighted by Crippen LogP contribution is -2.19. The Kier molecular flexibility index (Phi) is 4.59. The summed E-state index contributed by atoms with van der Waals surface area (Å²) in [5, 5.41) is 2.81. The molecule has 1 N–H and O–H groups in total. The minimum absolute atomic E-state index is 0.364. The SMILES string of the molecule is O=C1N[C@H](c2cccc(C#Cc3ccccc3)c2)[C@@H](c2cccc(F)c2)O1. The first-order valence-corrected chi connectivity index (χ1v) is 8.59. The highest BCUT2D eigenvalue weighted by Gasteiger charge is 2.36. The van der Waals surface area contributed by atoms with Crippen molar-refractivity contribution in [2.75, 3.05) is 0 Å².